The normalized spacial score (nSPS) is 26.2. The molecule has 20 heavy (non-hydrogen) atoms. The minimum absolute atomic E-state index is 0.0934. The van der Waals surface area contributed by atoms with Crippen molar-refractivity contribution < 1.29 is 9.18 Å². The van der Waals surface area contributed by atoms with E-state index < -0.39 is 0 Å². The van der Waals surface area contributed by atoms with Gasteiger partial charge in [-0.25, -0.2) is 4.39 Å². The molecule has 110 valence electrons. The number of alkyl halides is 1. The standard InChI is InChI=1S/C16H21BrFNO/c1-12-6-8-16(11-17,9-7-12)19-15(20)10-13-4-2-3-5-14(13)18/h2-5,12H,6-11H2,1H3,(H,19,20). The number of carbonyl (C=O) groups is 1. The summed E-state index contributed by atoms with van der Waals surface area (Å²) in [6, 6.07) is 6.46. The highest BCUT2D eigenvalue weighted by atomic mass is 79.9. The molecule has 1 aromatic rings. The second kappa shape index (κ2) is 6.70. The smallest absolute Gasteiger partial charge is 0.224 e. The summed E-state index contributed by atoms with van der Waals surface area (Å²) in [7, 11) is 0. The summed E-state index contributed by atoms with van der Waals surface area (Å²) >= 11 is 3.53. The second-order valence-electron chi connectivity index (χ2n) is 5.91. The van der Waals surface area contributed by atoms with Gasteiger partial charge in [0.05, 0.1) is 6.42 Å². The molecule has 2 rings (SSSR count). The van der Waals surface area contributed by atoms with Crippen LogP contribution in [0.2, 0.25) is 0 Å². The Balaban J connectivity index is 1.98. The fourth-order valence-electron chi connectivity index (χ4n) is 2.76. The maximum Gasteiger partial charge on any atom is 0.224 e. The third-order valence-electron chi connectivity index (χ3n) is 4.20. The van der Waals surface area contributed by atoms with Crippen molar-refractivity contribution in [1.82, 2.24) is 5.32 Å². The van der Waals surface area contributed by atoms with Gasteiger partial charge in [0.15, 0.2) is 0 Å². The topological polar surface area (TPSA) is 29.1 Å². The van der Waals surface area contributed by atoms with Crippen LogP contribution < -0.4 is 5.32 Å². The average molecular weight is 342 g/mol. The molecule has 0 atom stereocenters. The fourth-order valence-corrected chi connectivity index (χ4v) is 3.46. The predicted molar refractivity (Wildman–Crippen MR) is 82.4 cm³/mol. The second-order valence-corrected chi connectivity index (χ2v) is 6.47. The Bertz CT molecular complexity index is 469. The summed E-state index contributed by atoms with van der Waals surface area (Å²) in [4.78, 5) is 12.2. The molecule has 0 aliphatic heterocycles. The lowest BCUT2D eigenvalue weighted by Gasteiger charge is -2.39. The number of amides is 1. The van der Waals surface area contributed by atoms with Gasteiger partial charge in [0.1, 0.15) is 5.82 Å². The molecule has 1 aliphatic rings. The maximum atomic E-state index is 13.6. The first-order chi connectivity index (χ1) is 9.54. The quantitative estimate of drug-likeness (QED) is 0.828. The largest absolute Gasteiger partial charge is 0.350 e. The Morgan fingerprint density at radius 1 is 1.40 bits per heavy atom. The summed E-state index contributed by atoms with van der Waals surface area (Å²) in [6.45, 7) is 2.25. The molecular formula is C16H21BrFNO. The molecule has 1 amide bonds. The van der Waals surface area contributed by atoms with Crippen LogP contribution in [0.3, 0.4) is 0 Å². The van der Waals surface area contributed by atoms with Gasteiger partial charge in [-0.1, -0.05) is 41.1 Å². The molecule has 0 radical (unpaired) electrons. The number of hydrogen-bond acceptors (Lipinski definition) is 1. The average Bonchev–Trinajstić information content (AvgIpc) is 2.44. The molecule has 1 aromatic carbocycles. The molecule has 1 saturated carbocycles. The van der Waals surface area contributed by atoms with Crippen LogP contribution in [0.25, 0.3) is 0 Å². The third kappa shape index (κ3) is 3.81. The molecule has 1 aliphatic carbocycles. The Labute approximate surface area is 128 Å². The first-order valence-electron chi connectivity index (χ1n) is 7.15. The zero-order valence-electron chi connectivity index (χ0n) is 11.8. The van der Waals surface area contributed by atoms with E-state index in [1.807, 2.05) is 0 Å². The van der Waals surface area contributed by atoms with E-state index in [0.717, 1.165) is 36.9 Å². The zero-order valence-corrected chi connectivity index (χ0v) is 13.4. The van der Waals surface area contributed by atoms with Gasteiger partial charge in [-0.15, -0.1) is 0 Å². The van der Waals surface area contributed by atoms with E-state index in [1.165, 1.54) is 6.07 Å². The molecule has 0 saturated heterocycles. The van der Waals surface area contributed by atoms with Crippen molar-refractivity contribution in [3.05, 3.63) is 35.6 Å². The minimum Gasteiger partial charge on any atom is -0.350 e. The molecule has 0 spiro atoms. The highest BCUT2D eigenvalue weighted by Gasteiger charge is 2.34. The number of hydrogen-bond donors (Lipinski definition) is 1. The van der Waals surface area contributed by atoms with Crippen LogP contribution in [0, 0.1) is 11.7 Å². The molecule has 1 fully saturated rings. The van der Waals surface area contributed by atoms with Crippen molar-refractivity contribution in [3.8, 4) is 0 Å². The van der Waals surface area contributed by atoms with Crippen LogP contribution in [-0.4, -0.2) is 16.8 Å². The number of benzene rings is 1. The molecule has 0 bridgehead atoms. The Hall–Kier alpha value is -0.900. The van der Waals surface area contributed by atoms with Gasteiger partial charge in [-0.3, -0.25) is 4.79 Å². The molecule has 1 N–H and O–H groups in total. The fraction of sp³-hybridized carbons (Fsp3) is 0.562. The number of carbonyl (C=O) groups excluding carboxylic acids is 1. The van der Waals surface area contributed by atoms with E-state index in [1.54, 1.807) is 18.2 Å². The van der Waals surface area contributed by atoms with Crippen LogP contribution in [0.1, 0.15) is 38.2 Å². The number of halogens is 2. The summed E-state index contributed by atoms with van der Waals surface area (Å²) in [5.74, 6) is 0.322. The van der Waals surface area contributed by atoms with E-state index in [4.69, 9.17) is 0 Å². The Morgan fingerprint density at radius 3 is 2.65 bits per heavy atom. The van der Waals surface area contributed by atoms with Crippen LogP contribution in [0.5, 0.6) is 0 Å². The van der Waals surface area contributed by atoms with Crippen LogP contribution in [0.15, 0.2) is 24.3 Å². The van der Waals surface area contributed by atoms with Gasteiger partial charge < -0.3 is 5.32 Å². The van der Waals surface area contributed by atoms with Crippen LogP contribution in [-0.2, 0) is 11.2 Å². The van der Waals surface area contributed by atoms with E-state index in [9.17, 15) is 9.18 Å². The summed E-state index contributed by atoms with van der Waals surface area (Å²) in [5.41, 5.74) is 0.299. The number of rotatable bonds is 4. The predicted octanol–water partition coefficient (Wildman–Crippen LogP) is 3.83. The van der Waals surface area contributed by atoms with Gasteiger partial charge in [-0.05, 0) is 43.2 Å². The first kappa shape index (κ1) is 15.5. The van der Waals surface area contributed by atoms with Crippen LogP contribution >= 0.6 is 15.9 Å². The Kier molecular flexibility index (Phi) is 5.19. The van der Waals surface area contributed by atoms with Crippen molar-refractivity contribution in [2.75, 3.05) is 5.33 Å². The Morgan fingerprint density at radius 2 is 2.05 bits per heavy atom. The monoisotopic (exact) mass is 341 g/mol. The summed E-state index contributed by atoms with van der Waals surface area (Å²) in [5, 5.41) is 3.89. The van der Waals surface area contributed by atoms with Gasteiger partial charge in [0.25, 0.3) is 0 Å². The summed E-state index contributed by atoms with van der Waals surface area (Å²) in [6.07, 6.45) is 4.35. The lowest BCUT2D eigenvalue weighted by molar-refractivity contribution is -0.122. The molecular weight excluding hydrogens is 321 g/mol. The molecule has 0 unspecified atom stereocenters. The first-order valence-corrected chi connectivity index (χ1v) is 8.27. The van der Waals surface area contributed by atoms with Crippen LogP contribution in [0.4, 0.5) is 4.39 Å². The lowest BCUT2D eigenvalue weighted by Crippen LogP contribution is -2.52. The molecule has 4 heteroatoms. The molecule has 0 aromatic heterocycles. The maximum absolute atomic E-state index is 13.6. The third-order valence-corrected chi connectivity index (χ3v) is 5.27. The molecule has 0 heterocycles. The van der Waals surface area contributed by atoms with E-state index in [0.29, 0.717) is 5.56 Å². The van der Waals surface area contributed by atoms with Gasteiger partial charge in [0.2, 0.25) is 5.91 Å². The zero-order chi connectivity index (χ0) is 14.6. The summed E-state index contributed by atoms with van der Waals surface area (Å²) < 4.78 is 13.6. The SMILES string of the molecule is CC1CCC(CBr)(NC(=O)Cc2ccccc2F)CC1. The minimum atomic E-state index is -0.312. The van der Waals surface area contributed by atoms with Crippen molar-refractivity contribution in [3.63, 3.8) is 0 Å². The van der Waals surface area contributed by atoms with Crippen molar-refractivity contribution in [2.24, 2.45) is 5.92 Å². The lowest BCUT2D eigenvalue weighted by atomic mass is 9.78. The highest BCUT2D eigenvalue weighted by molar-refractivity contribution is 9.09. The highest BCUT2D eigenvalue weighted by Crippen LogP contribution is 2.33. The van der Waals surface area contributed by atoms with Crippen molar-refractivity contribution in [1.29, 1.82) is 0 Å². The van der Waals surface area contributed by atoms with Crippen molar-refractivity contribution >= 4 is 21.8 Å². The van der Waals surface area contributed by atoms with E-state index >= 15 is 0 Å². The van der Waals surface area contributed by atoms with Gasteiger partial charge in [-0.2, -0.15) is 0 Å². The van der Waals surface area contributed by atoms with Gasteiger partial charge >= 0.3 is 0 Å². The van der Waals surface area contributed by atoms with E-state index in [-0.39, 0.29) is 23.7 Å². The molecule has 2 nitrogen and oxygen atoms in total. The van der Waals surface area contributed by atoms with E-state index in [2.05, 4.69) is 28.2 Å². The number of nitrogens with one attached hydrogen (secondary N) is 1. The van der Waals surface area contributed by atoms with Crippen molar-refractivity contribution in [2.45, 2.75) is 44.6 Å². The van der Waals surface area contributed by atoms with Gasteiger partial charge in [0, 0.05) is 10.9 Å².